The third-order valence-corrected chi connectivity index (χ3v) is 5.24. The number of fused-ring (bicyclic) bond motifs is 1. The van der Waals surface area contributed by atoms with Crippen molar-refractivity contribution in [3.8, 4) is 0 Å². The first kappa shape index (κ1) is 22.4. The summed E-state index contributed by atoms with van der Waals surface area (Å²) in [6.07, 6.45) is 11.6. The van der Waals surface area contributed by atoms with E-state index < -0.39 is 5.24 Å². The fraction of sp³-hybridized carbons (Fsp3) is 0.522. The smallest absolute Gasteiger partial charge is 0.252 e. The van der Waals surface area contributed by atoms with Gasteiger partial charge in [-0.05, 0) is 48.7 Å². The molecule has 1 heterocycles. The number of aromatic nitrogens is 1. The van der Waals surface area contributed by atoms with E-state index in [1.54, 1.807) is 12.1 Å². The molecular formula is C23H31ClN2O2. The van der Waals surface area contributed by atoms with Gasteiger partial charge in [0.15, 0.2) is 0 Å². The van der Waals surface area contributed by atoms with Crippen LogP contribution in [0.4, 0.5) is 5.82 Å². The summed E-state index contributed by atoms with van der Waals surface area (Å²) in [4.78, 5) is 28.0. The first-order chi connectivity index (χ1) is 13.5. The van der Waals surface area contributed by atoms with Crippen LogP contribution in [0.15, 0.2) is 24.3 Å². The minimum absolute atomic E-state index is 0.0150. The van der Waals surface area contributed by atoms with E-state index in [9.17, 15) is 9.59 Å². The van der Waals surface area contributed by atoms with Gasteiger partial charge in [-0.25, -0.2) is 4.98 Å². The van der Waals surface area contributed by atoms with E-state index in [0.29, 0.717) is 23.3 Å². The van der Waals surface area contributed by atoms with Gasteiger partial charge in [0.1, 0.15) is 5.82 Å². The Morgan fingerprint density at radius 3 is 2.25 bits per heavy atom. The van der Waals surface area contributed by atoms with E-state index in [0.717, 1.165) is 23.8 Å². The Hall–Kier alpha value is -1.94. The molecule has 2 aromatic rings. The number of halogens is 1. The Morgan fingerprint density at radius 2 is 1.61 bits per heavy atom. The van der Waals surface area contributed by atoms with Crippen LogP contribution in [-0.4, -0.2) is 16.1 Å². The molecule has 5 heteroatoms. The molecule has 0 radical (unpaired) electrons. The third-order valence-electron chi connectivity index (χ3n) is 5.02. The van der Waals surface area contributed by atoms with E-state index in [-0.39, 0.29) is 5.91 Å². The van der Waals surface area contributed by atoms with Gasteiger partial charge in [0, 0.05) is 17.4 Å². The van der Waals surface area contributed by atoms with Crippen LogP contribution in [0.3, 0.4) is 0 Å². The molecule has 0 spiro atoms. The van der Waals surface area contributed by atoms with E-state index in [1.807, 2.05) is 19.1 Å². The number of benzene rings is 1. The molecule has 4 nitrogen and oxygen atoms in total. The summed E-state index contributed by atoms with van der Waals surface area (Å²) in [5.41, 5.74) is 2.06. The Bertz CT molecular complexity index is 805. The zero-order valence-electron chi connectivity index (χ0n) is 17.0. The number of nitrogens with one attached hydrogen (secondary N) is 1. The van der Waals surface area contributed by atoms with Crippen molar-refractivity contribution in [2.45, 2.75) is 78.1 Å². The monoisotopic (exact) mass is 402 g/mol. The highest BCUT2D eigenvalue weighted by Crippen LogP contribution is 2.22. The Morgan fingerprint density at radius 1 is 0.964 bits per heavy atom. The molecule has 0 saturated carbocycles. The lowest BCUT2D eigenvalue weighted by molar-refractivity contribution is -0.116. The number of nitrogens with zero attached hydrogens (tertiary/aromatic N) is 1. The predicted octanol–water partition coefficient (Wildman–Crippen LogP) is 6.78. The molecule has 1 amide bonds. The fourth-order valence-electron chi connectivity index (χ4n) is 3.39. The number of hydrogen-bond donors (Lipinski definition) is 1. The lowest BCUT2D eigenvalue weighted by Gasteiger charge is -2.09. The molecule has 0 bridgehead atoms. The van der Waals surface area contributed by atoms with Gasteiger partial charge < -0.3 is 5.32 Å². The lowest BCUT2D eigenvalue weighted by Crippen LogP contribution is -2.12. The SMILES string of the molecule is CCCCCCCCCCCC(=O)Nc1cc(C)c2ccc(C(=O)Cl)cc2n1. The molecule has 0 aliphatic heterocycles. The zero-order chi connectivity index (χ0) is 20.4. The second-order valence-corrected chi connectivity index (χ2v) is 7.80. The molecule has 152 valence electrons. The van der Waals surface area contributed by atoms with Crippen molar-refractivity contribution < 1.29 is 9.59 Å². The Labute approximate surface area is 173 Å². The van der Waals surface area contributed by atoms with Crippen LogP contribution >= 0.6 is 11.6 Å². The second-order valence-electron chi connectivity index (χ2n) is 7.46. The molecule has 0 unspecified atom stereocenters. The van der Waals surface area contributed by atoms with E-state index in [1.165, 1.54) is 44.9 Å². The largest absolute Gasteiger partial charge is 0.311 e. The molecule has 0 aliphatic carbocycles. The molecular weight excluding hydrogens is 372 g/mol. The molecule has 0 atom stereocenters. The van der Waals surface area contributed by atoms with Crippen molar-refractivity contribution in [1.82, 2.24) is 4.98 Å². The van der Waals surface area contributed by atoms with Crippen LogP contribution in [0.5, 0.6) is 0 Å². The number of pyridine rings is 1. The summed E-state index contributed by atoms with van der Waals surface area (Å²) in [5.74, 6) is 0.504. The van der Waals surface area contributed by atoms with Crippen LogP contribution in [0.2, 0.25) is 0 Å². The quantitative estimate of drug-likeness (QED) is 0.314. The molecule has 28 heavy (non-hydrogen) atoms. The maximum atomic E-state index is 12.2. The molecule has 2 rings (SSSR count). The number of amides is 1. The first-order valence-electron chi connectivity index (χ1n) is 10.4. The standard InChI is InChI=1S/C23H31ClN2O2/c1-3-4-5-6-7-8-9-10-11-12-22(27)26-21-15-17(2)19-14-13-18(23(24)28)16-20(19)25-21/h13-16H,3-12H2,1-2H3,(H,25,26,27). The number of anilines is 1. The maximum Gasteiger partial charge on any atom is 0.252 e. The van der Waals surface area contributed by atoms with Gasteiger partial charge in [-0.15, -0.1) is 0 Å². The van der Waals surface area contributed by atoms with E-state index >= 15 is 0 Å². The van der Waals surface area contributed by atoms with Crippen molar-refractivity contribution in [2.24, 2.45) is 0 Å². The Kier molecular flexibility index (Phi) is 9.42. The number of hydrogen-bond acceptors (Lipinski definition) is 3. The van der Waals surface area contributed by atoms with Crippen LogP contribution in [0.1, 0.15) is 87.1 Å². The number of aryl methyl sites for hydroxylation is 1. The molecule has 1 aromatic carbocycles. The average molecular weight is 403 g/mol. The second kappa shape index (κ2) is 11.8. The van der Waals surface area contributed by atoms with Crippen molar-refractivity contribution in [2.75, 3.05) is 5.32 Å². The van der Waals surface area contributed by atoms with Gasteiger partial charge in [0.05, 0.1) is 5.52 Å². The van der Waals surface area contributed by atoms with Crippen LogP contribution in [0.25, 0.3) is 10.9 Å². The lowest BCUT2D eigenvalue weighted by atomic mass is 10.1. The summed E-state index contributed by atoms with van der Waals surface area (Å²) >= 11 is 5.56. The summed E-state index contributed by atoms with van der Waals surface area (Å²) in [6.45, 7) is 4.19. The minimum atomic E-state index is -0.513. The number of carbonyl (C=O) groups is 2. The fourth-order valence-corrected chi connectivity index (χ4v) is 3.51. The van der Waals surface area contributed by atoms with Crippen molar-refractivity contribution in [1.29, 1.82) is 0 Å². The number of carbonyl (C=O) groups excluding carboxylic acids is 2. The summed E-state index contributed by atoms with van der Waals surface area (Å²) in [5, 5.41) is 3.31. The molecule has 1 aromatic heterocycles. The highest BCUT2D eigenvalue weighted by Gasteiger charge is 2.09. The van der Waals surface area contributed by atoms with Crippen molar-refractivity contribution in [3.63, 3.8) is 0 Å². The summed E-state index contributed by atoms with van der Waals surface area (Å²) < 4.78 is 0. The topological polar surface area (TPSA) is 59.1 Å². The zero-order valence-corrected chi connectivity index (χ0v) is 17.8. The summed E-state index contributed by atoms with van der Waals surface area (Å²) in [6, 6.07) is 7.04. The highest BCUT2D eigenvalue weighted by atomic mass is 35.5. The van der Waals surface area contributed by atoms with Gasteiger partial charge >= 0.3 is 0 Å². The molecule has 0 fully saturated rings. The van der Waals surface area contributed by atoms with Crippen LogP contribution in [-0.2, 0) is 4.79 Å². The predicted molar refractivity (Wildman–Crippen MR) is 117 cm³/mol. The Balaban J connectivity index is 1.78. The normalized spacial score (nSPS) is 11.0. The summed E-state index contributed by atoms with van der Waals surface area (Å²) in [7, 11) is 0. The molecule has 0 aliphatic rings. The highest BCUT2D eigenvalue weighted by molar-refractivity contribution is 6.67. The van der Waals surface area contributed by atoms with E-state index in [4.69, 9.17) is 11.6 Å². The maximum absolute atomic E-state index is 12.2. The minimum Gasteiger partial charge on any atom is -0.311 e. The number of rotatable bonds is 12. The first-order valence-corrected chi connectivity index (χ1v) is 10.8. The van der Waals surface area contributed by atoms with Gasteiger partial charge in [-0.2, -0.15) is 0 Å². The molecule has 0 saturated heterocycles. The van der Waals surface area contributed by atoms with Crippen LogP contribution in [0, 0.1) is 6.92 Å². The average Bonchev–Trinajstić information content (AvgIpc) is 2.66. The van der Waals surface area contributed by atoms with Crippen LogP contribution < -0.4 is 5.32 Å². The van der Waals surface area contributed by atoms with Gasteiger partial charge in [0.25, 0.3) is 5.24 Å². The van der Waals surface area contributed by atoms with Gasteiger partial charge in [-0.3, -0.25) is 9.59 Å². The van der Waals surface area contributed by atoms with Crippen molar-refractivity contribution >= 4 is 39.5 Å². The third kappa shape index (κ3) is 7.23. The van der Waals surface area contributed by atoms with Crippen molar-refractivity contribution in [3.05, 3.63) is 35.4 Å². The van der Waals surface area contributed by atoms with Gasteiger partial charge in [-0.1, -0.05) is 64.4 Å². The number of unbranched alkanes of at least 4 members (excludes halogenated alkanes) is 8. The van der Waals surface area contributed by atoms with Gasteiger partial charge in [0.2, 0.25) is 5.91 Å². The van der Waals surface area contributed by atoms with E-state index in [2.05, 4.69) is 17.2 Å². The molecule has 1 N–H and O–H groups in total.